The highest BCUT2D eigenvalue weighted by atomic mass is 32.2. The van der Waals surface area contributed by atoms with Gasteiger partial charge in [0, 0.05) is 6.54 Å². The summed E-state index contributed by atoms with van der Waals surface area (Å²) in [5.41, 5.74) is 2.28. The number of hydrogen-bond donors (Lipinski definition) is 2. The molecule has 2 N–H and O–H groups in total. The summed E-state index contributed by atoms with van der Waals surface area (Å²) >= 11 is 0. The van der Waals surface area contributed by atoms with Gasteiger partial charge in [-0.3, -0.25) is 0 Å². The molecule has 0 amide bonds. The third-order valence-electron chi connectivity index (χ3n) is 4.06. The van der Waals surface area contributed by atoms with Crippen LogP contribution >= 0.6 is 0 Å². The van der Waals surface area contributed by atoms with Crippen LogP contribution in [0.2, 0.25) is 0 Å². The van der Waals surface area contributed by atoms with E-state index >= 15 is 0 Å². The van der Waals surface area contributed by atoms with Crippen LogP contribution in [0.15, 0.2) is 24.3 Å². The summed E-state index contributed by atoms with van der Waals surface area (Å²) in [5.74, 6) is 1.03. The first-order valence-corrected chi connectivity index (χ1v) is 9.38. The molecule has 118 valence electrons. The van der Waals surface area contributed by atoms with Crippen LogP contribution in [0.25, 0.3) is 0 Å². The van der Waals surface area contributed by atoms with Gasteiger partial charge in [-0.25, -0.2) is 13.1 Å². The molecule has 0 atom stereocenters. The zero-order chi connectivity index (χ0) is 15.3. The maximum absolute atomic E-state index is 12.1. The van der Waals surface area contributed by atoms with Gasteiger partial charge in [0.15, 0.2) is 0 Å². The molecule has 2 rings (SSSR count). The highest BCUT2D eigenvalue weighted by Crippen LogP contribution is 2.16. The van der Waals surface area contributed by atoms with E-state index in [0.717, 1.165) is 31.5 Å². The van der Waals surface area contributed by atoms with Gasteiger partial charge >= 0.3 is 0 Å². The molecule has 1 fully saturated rings. The van der Waals surface area contributed by atoms with E-state index in [2.05, 4.69) is 36.0 Å². The number of sulfonamides is 1. The summed E-state index contributed by atoms with van der Waals surface area (Å²) in [7, 11) is -3.18. The minimum absolute atomic E-state index is 0.249. The number of benzene rings is 1. The molecule has 0 aliphatic carbocycles. The van der Waals surface area contributed by atoms with Gasteiger partial charge in [0.2, 0.25) is 10.0 Å². The zero-order valence-corrected chi connectivity index (χ0v) is 13.7. The summed E-state index contributed by atoms with van der Waals surface area (Å²) in [6, 6.07) is 8.15. The SMILES string of the molecule is CC(C)c1ccc(CNS(=O)(=O)CC2CCNCC2)cc1. The Hall–Kier alpha value is -0.910. The molecule has 0 saturated carbocycles. The van der Waals surface area contributed by atoms with Crippen LogP contribution in [0.5, 0.6) is 0 Å². The van der Waals surface area contributed by atoms with Gasteiger partial charge < -0.3 is 5.32 Å². The van der Waals surface area contributed by atoms with Crippen molar-refractivity contribution in [2.45, 2.75) is 39.2 Å². The Bertz CT molecular complexity index is 532. The van der Waals surface area contributed by atoms with Crippen molar-refractivity contribution < 1.29 is 8.42 Å². The molecular weight excluding hydrogens is 284 g/mol. The van der Waals surface area contributed by atoms with Crippen molar-refractivity contribution in [3.8, 4) is 0 Å². The van der Waals surface area contributed by atoms with Gasteiger partial charge in [0.1, 0.15) is 0 Å². The van der Waals surface area contributed by atoms with Crippen LogP contribution in [0, 0.1) is 5.92 Å². The summed E-state index contributed by atoms with van der Waals surface area (Å²) < 4.78 is 27.0. The Kier molecular flexibility index (Phi) is 5.79. The van der Waals surface area contributed by atoms with Crippen LogP contribution in [-0.4, -0.2) is 27.3 Å². The summed E-state index contributed by atoms with van der Waals surface area (Å²) in [6.45, 7) is 6.53. The predicted molar refractivity (Wildman–Crippen MR) is 86.8 cm³/mol. The summed E-state index contributed by atoms with van der Waals surface area (Å²) in [6.07, 6.45) is 1.90. The van der Waals surface area contributed by atoms with Crippen LogP contribution in [-0.2, 0) is 16.6 Å². The van der Waals surface area contributed by atoms with E-state index in [1.54, 1.807) is 0 Å². The van der Waals surface area contributed by atoms with Gasteiger partial charge in [-0.1, -0.05) is 38.1 Å². The van der Waals surface area contributed by atoms with Crippen molar-refractivity contribution in [2.75, 3.05) is 18.8 Å². The van der Waals surface area contributed by atoms with E-state index in [1.165, 1.54) is 5.56 Å². The van der Waals surface area contributed by atoms with Crippen LogP contribution in [0.4, 0.5) is 0 Å². The molecule has 1 aliphatic heterocycles. The lowest BCUT2D eigenvalue weighted by molar-refractivity contribution is 0.400. The lowest BCUT2D eigenvalue weighted by atomic mass is 10.0. The smallest absolute Gasteiger partial charge is 0.212 e. The molecule has 1 aromatic rings. The molecule has 1 aliphatic rings. The Labute approximate surface area is 128 Å². The fraction of sp³-hybridized carbons (Fsp3) is 0.625. The first kappa shape index (κ1) is 16.5. The second-order valence-corrected chi connectivity index (χ2v) is 8.04. The topological polar surface area (TPSA) is 58.2 Å². The molecule has 21 heavy (non-hydrogen) atoms. The highest BCUT2D eigenvalue weighted by molar-refractivity contribution is 7.89. The fourth-order valence-corrected chi connectivity index (χ4v) is 4.09. The van der Waals surface area contributed by atoms with Gasteiger partial charge in [-0.05, 0) is 48.9 Å². The van der Waals surface area contributed by atoms with Crippen molar-refractivity contribution in [1.29, 1.82) is 0 Å². The number of hydrogen-bond acceptors (Lipinski definition) is 3. The molecule has 0 radical (unpaired) electrons. The van der Waals surface area contributed by atoms with E-state index in [1.807, 2.05) is 12.1 Å². The second kappa shape index (κ2) is 7.38. The first-order chi connectivity index (χ1) is 9.96. The van der Waals surface area contributed by atoms with E-state index in [-0.39, 0.29) is 11.7 Å². The fourth-order valence-electron chi connectivity index (χ4n) is 2.63. The summed E-state index contributed by atoms with van der Waals surface area (Å²) in [4.78, 5) is 0. The largest absolute Gasteiger partial charge is 0.317 e. The van der Waals surface area contributed by atoms with Gasteiger partial charge in [0.05, 0.1) is 5.75 Å². The quantitative estimate of drug-likeness (QED) is 0.847. The predicted octanol–water partition coefficient (Wildman–Crippen LogP) is 2.23. The maximum Gasteiger partial charge on any atom is 0.212 e. The van der Waals surface area contributed by atoms with Crippen molar-refractivity contribution in [1.82, 2.24) is 10.0 Å². The van der Waals surface area contributed by atoms with E-state index in [9.17, 15) is 8.42 Å². The average molecular weight is 310 g/mol. The Balaban J connectivity index is 1.85. The molecule has 0 bridgehead atoms. The zero-order valence-electron chi connectivity index (χ0n) is 12.9. The second-order valence-electron chi connectivity index (χ2n) is 6.19. The van der Waals surface area contributed by atoms with Crippen LogP contribution < -0.4 is 10.0 Å². The minimum atomic E-state index is -3.18. The third kappa shape index (κ3) is 5.41. The third-order valence-corrected chi connectivity index (χ3v) is 5.55. The normalized spacial score (nSPS) is 17.3. The molecular formula is C16H26N2O2S. The van der Waals surface area contributed by atoms with Crippen molar-refractivity contribution in [3.63, 3.8) is 0 Å². The van der Waals surface area contributed by atoms with E-state index in [0.29, 0.717) is 12.5 Å². The number of rotatable bonds is 6. The first-order valence-electron chi connectivity index (χ1n) is 7.73. The van der Waals surface area contributed by atoms with Crippen molar-refractivity contribution in [3.05, 3.63) is 35.4 Å². The van der Waals surface area contributed by atoms with E-state index < -0.39 is 10.0 Å². The molecule has 1 aromatic carbocycles. The Morgan fingerprint density at radius 2 is 1.81 bits per heavy atom. The maximum atomic E-state index is 12.1. The van der Waals surface area contributed by atoms with Crippen molar-refractivity contribution >= 4 is 10.0 Å². The van der Waals surface area contributed by atoms with Gasteiger partial charge in [0.25, 0.3) is 0 Å². The lowest BCUT2D eigenvalue weighted by Crippen LogP contribution is -2.35. The monoisotopic (exact) mass is 310 g/mol. The molecule has 5 heteroatoms. The van der Waals surface area contributed by atoms with E-state index in [4.69, 9.17) is 0 Å². The lowest BCUT2D eigenvalue weighted by Gasteiger charge is -2.22. The number of nitrogens with one attached hydrogen (secondary N) is 2. The molecule has 1 heterocycles. The minimum Gasteiger partial charge on any atom is -0.317 e. The Morgan fingerprint density at radius 1 is 1.19 bits per heavy atom. The Morgan fingerprint density at radius 3 is 2.38 bits per heavy atom. The van der Waals surface area contributed by atoms with Crippen LogP contribution in [0.1, 0.15) is 43.7 Å². The van der Waals surface area contributed by atoms with Gasteiger partial charge in [-0.15, -0.1) is 0 Å². The standard InChI is InChI=1S/C16H26N2O2S/c1-13(2)16-5-3-14(4-6-16)11-18-21(19,20)12-15-7-9-17-10-8-15/h3-6,13,15,17-18H,7-12H2,1-2H3. The molecule has 0 spiro atoms. The molecule has 1 saturated heterocycles. The highest BCUT2D eigenvalue weighted by Gasteiger charge is 2.20. The summed E-state index contributed by atoms with van der Waals surface area (Å²) in [5, 5.41) is 3.26. The van der Waals surface area contributed by atoms with Crippen molar-refractivity contribution in [2.24, 2.45) is 5.92 Å². The average Bonchev–Trinajstić information content (AvgIpc) is 2.46. The molecule has 0 unspecified atom stereocenters. The number of piperidine rings is 1. The van der Waals surface area contributed by atoms with Gasteiger partial charge in [-0.2, -0.15) is 0 Å². The van der Waals surface area contributed by atoms with Crippen LogP contribution in [0.3, 0.4) is 0 Å². The molecule has 0 aromatic heterocycles. The molecule has 4 nitrogen and oxygen atoms in total.